The van der Waals surface area contributed by atoms with E-state index in [1.165, 1.54) is 4.90 Å². The maximum atomic E-state index is 12.3. The van der Waals surface area contributed by atoms with E-state index in [-0.39, 0.29) is 31.4 Å². The predicted molar refractivity (Wildman–Crippen MR) is 134 cm³/mol. The van der Waals surface area contributed by atoms with E-state index in [0.29, 0.717) is 29.3 Å². The fraction of sp³-hybridized carbons (Fsp3) is 0.333. The Kier molecular flexibility index (Phi) is 8.95. The number of thiol groups is 1. The first-order valence-electron chi connectivity index (χ1n) is 10.9. The van der Waals surface area contributed by atoms with Gasteiger partial charge in [0.15, 0.2) is 0 Å². The fourth-order valence-electron chi connectivity index (χ4n) is 3.73. The number of benzene rings is 2. The number of carbonyl (C=O) groups excluding carboxylic acids is 4. The van der Waals surface area contributed by atoms with E-state index in [0.717, 1.165) is 28.7 Å². The molecule has 34 heavy (non-hydrogen) atoms. The van der Waals surface area contributed by atoms with Gasteiger partial charge in [-0.1, -0.05) is 35.9 Å². The van der Waals surface area contributed by atoms with Crippen LogP contribution in [-0.4, -0.2) is 41.0 Å². The van der Waals surface area contributed by atoms with E-state index in [2.05, 4.69) is 28.6 Å². The number of imide groups is 1. The van der Waals surface area contributed by atoms with Gasteiger partial charge in [-0.25, -0.2) is 4.79 Å². The van der Waals surface area contributed by atoms with Crippen LogP contribution < -0.4 is 16.0 Å². The molecule has 1 aliphatic rings. The Labute approximate surface area is 208 Å². The maximum absolute atomic E-state index is 12.3. The van der Waals surface area contributed by atoms with Gasteiger partial charge in [-0.15, -0.1) is 0 Å². The number of nitrogens with zero attached hydrogens (tertiary/aromatic N) is 1. The van der Waals surface area contributed by atoms with Gasteiger partial charge in [-0.2, -0.15) is 12.6 Å². The van der Waals surface area contributed by atoms with Gasteiger partial charge in [-0.05, 0) is 59.9 Å². The van der Waals surface area contributed by atoms with Crippen molar-refractivity contribution < 1.29 is 19.2 Å². The first-order valence-corrected chi connectivity index (χ1v) is 11.9. The van der Waals surface area contributed by atoms with Crippen LogP contribution >= 0.6 is 24.2 Å². The predicted octanol–water partition coefficient (Wildman–Crippen LogP) is 3.21. The Balaban J connectivity index is 1.60. The lowest BCUT2D eigenvalue weighted by atomic mass is 10.0. The average molecular weight is 503 g/mol. The van der Waals surface area contributed by atoms with E-state index in [1.54, 1.807) is 12.1 Å². The van der Waals surface area contributed by atoms with Gasteiger partial charge in [0.05, 0.1) is 0 Å². The Morgan fingerprint density at radius 1 is 1.24 bits per heavy atom. The summed E-state index contributed by atoms with van der Waals surface area (Å²) in [5.41, 5.74) is 4.19. The van der Waals surface area contributed by atoms with E-state index in [4.69, 9.17) is 11.6 Å². The number of urea groups is 1. The molecular weight excluding hydrogens is 476 g/mol. The number of nitrogens with one attached hydrogen (secondary N) is 3. The smallest absolute Gasteiger partial charge is 0.319 e. The lowest BCUT2D eigenvalue weighted by molar-refractivity contribution is -0.141. The van der Waals surface area contributed by atoms with Gasteiger partial charge in [0, 0.05) is 30.2 Å². The van der Waals surface area contributed by atoms with Crippen molar-refractivity contribution in [1.29, 1.82) is 0 Å². The molecule has 0 radical (unpaired) electrons. The Morgan fingerprint density at radius 2 is 2.03 bits per heavy atom. The maximum Gasteiger partial charge on any atom is 0.319 e. The molecule has 3 N–H and O–H groups in total. The summed E-state index contributed by atoms with van der Waals surface area (Å²) in [6.07, 6.45) is 1.87. The van der Waals surface area contributed by atoms with Crippen molar-refractivity contribution in [1.82, 2.24) is 15.5 Å². The number of anilines is 1. The van der Waals surface area contributed by atoms with Crippen LogP contribution in [0.5, 0.6) is 0 Å². The second-order valence-corrected chi connectivity index (χ2v) is 8.95. The number of piperidine rings is 1. The summed E-state index contributed by atoms with van der Waals surface area (Å²) in [5, 5.41) is 8.42. The van der Waals surface area contributed by atoms with Crippen LogP contribution in [0.3, 0.4) is 0 Å². The Morgan fingerprint density at radius 3 is 2.71 bits per heavy atom. The molecule has 8 nitrogen and oxygen atoms in total. The van der Waals surface area contributed by atoms with Crippen molar-refractivity contribution in [2.45, 2.75) is 45.3 Å². The number of hydrogen-bond acceptors (Lipinski definition) is 5. The van der Waals surface area contributed by atoms with Crippen molar-refractivity contribution in [3.8, 4) is 0 Å². The molecule has 0 aliphatic carbocycles. The number of halogens is 1. The fourth-order valence-corrected chi connectivity index (χ4v) is 4.24. The molecule has 1 atom stereocenters. The zero-order valence-corrected chi connectivity index (χ0v) is 20.4. The third-order valence-electron chi connectivity index (χ3n) is 5.66. The van der Waals surface area contributed by atoms with Gasteiger partial charge in [0.25, 0.3) is 0 Å². The third-order valence-corrected chi connectivity index (χ3v) is 6.23. The number of rotatable bonds is 9. The summed E-state index contributed by atoms with van der Waals surface area (Å²) in [7, 11) is 0. The summed E-state index contributed by atoms with van der Waals surface area (Å²) in [6, 6.07) is 9.97. The van der Waals surface area contributed by atoms with E-state index >= 15 is 0 Å². The van der Waals surface area contributed by atoms with E-state index < -0.39 is 11.9 Å². The SMILES string of the molecule is Cc1ccc(CNC(=O)Nc2ccc(CCS)c(Cl)c2)cc1CN(C=O)C1CCC(=O)NC1=O. The van der Waals surface area contributed by atoms with Gasteiger partial charge >= 0.3 is 6.03 Å². The van der Waals surface area contributed by atoms with Crippen LogP contribution in [0.4, 0.5) is 10.5 Å². The lowest BCUT2D eigenvalue weighted by Gasteiger charge is -2.30. The first kappa shape index (κ1) is 25.6. The van der Waals surface area contributed by atoms with Crippen LogP contribution in [0.25, 0.3) is 0 Å². The molecule has 1 unspecified atom stereocenters. The molecule has 0 aromatic heterocycles. The minimum absolute atomic E-state index is 0.196. The van der Waals surface area contributed by atoms with Crippen molar-refractivity contribution in [2.24, 2.45) is 0 Å². The normalized spacial score (nSPS) is 15.4. The number of aryl methyl sites for hydroxylation is 2. The quantitative estimate of drug-likeness (QED) is 0.240. The molecule has 2 aromatic rings. The monoisotopic (exact) mass is 502 g/mol. The largest absolute Gasteiger partial charge is 0.334 e. The summed E-state index contributed by atoms with van der Waals surface area (Å²) in [4.78, 5) is 49.0. The van der Waals surface area contributed by atoms with Crippen LogP contribution in [0.15, 0.2) is 36.4 Å². The highest BCUT2D eigenvalue weighted by molar-refractivity contribution is 7.80. The summed E-state index contributed by atoms with van der Waals surface area (Å²) in [6.45, 7) is 2.40. The average Bonchev–Trinajstić information content (AvgIpc) is 2.80. The molecule has 3 rings (SSSR count). The molecule has 2 aromatic carbocycles. The summed E-state index contributed by atoms with van der Waals surface area (Å²) in [5.74, 6) is -0.108. The molecule has 0 bridgehead atoms. The molecule has 180 valence electrons. The molecule has 1 fully saturated rings. The highest BCUT2D eigenvalue weighted by Crippen LogP contribution is 2.22. The zero-order valence-electron chi connectivity index (χ0n) is 18.8. The number of carbonyl (C=O) groups is 4. The second kappa shape index (κ2) is 11.9. The highest BCUT2D eigenvalue weighted by atomic mass is 35.5. The Bertz CT molecular complexity index is 1090. The Hall–Kier alpha value is -3.04. The number of hydrogen-bond donors (Lipinski definition) is 4. The second-order valence-electron chi connectivity index (χ2n) is 8.09. The van der Waals surface area contributed by atoms with Crippen molar-refractivity contribution >= 4 is 54.2 Å². The molecule has 1 saturated heterocycles. The van der Waals surface area contributed by atoms with E-state index in [1.807, 2.05) is 31.2 Å². The zero-order chi connectivity index (χ0) is 24.7. The van der Waals surface area contributed by atoms with Crippen LogP contribution in [0.2, 0.25) is 5.02 Å². The van der Waals surface area contributed by atoms with Gasteiger partial charge in [0.1, 0.15) is 6.04 Å². The minimum Gasteiger partial charge on any atom is -0.334 e. The van der Waals surface area contributed by atoms with Crippen LogP contribution in [0.1, 0.15) is 35.1 Å². The molecule has 0 saturated carbocycles. The molecule has 1 heterocycles. The topological polar surface area (TPSA) is 108 Å². The van der Waals surface area contributed by atoms with Crippen molar-refractivity contribution in [3.63, 3.8) is 0 Å². The van der Waals surface area contributed by atoms with Gasteiger partial charge in [-0.3, -0.25) is 19.7 Å². The molecule has 1 aliphatic heterocycles. The minimum atomic E-state index is -0.687. The van der Waals surface area contributed by atoms with Gasteiger partial charge in [0.2, 0.25) is 18.2 Å². The van der Waals surface area contributed by atoms with Crippen LogP contribution in [-0.2, 0) is 33.9 Å². The van der Waals surface area contributed by atoms with Crippen molar-refractivity contribution in [2.75, 3.05) is 11.1 Å². The third kappa shape index (κ3) is 6.74. The molecule has 10 heteroatoms. The van der Waals surface area contributed by atoms with Crippen molar-refractivity contribution in [3.05, 3.63) is 63.7 Å². The van der Waals surface area contributed by atoms with Gasteiger partial charge < -0.3 is 15.5 Å². The summed E-state index contributed by atoms with van der Waals surface area (Å²) < 4.78 is 0. The lowest BCUT2D eigenvalue weighted by Crippen LogP contribution is -2.51. The first-order chi connectivity index (χ1) is 16.3. The summed E-state index contributed by atoms with van der Waals surface area (Å²) >= 11 is 10.5. The molecule has 5 amide bonds. The van der Waals surface area contributed by atoms with Crippen LogP contribution in [0, 0.1) is 6.92 Å². The highest BCUT2D eigenvalue weighted by Gasteiger charge is 2.31. The number of amides is 5. The standard InChI is InChI=1S/C24H27ClN4O4S/c1-15-2-3-16(10-18(15)13-29(14-30)21-6-7-22(31)28-23(21)32)12-26-24(33)27-19-5-4-17(8-9-34)20(25)11-19/h2-5,10-11,14,21,34H,6-9,12-13H2,1H3,(H2,26,27,33)(H,28,31,32). The van der Waals surface area contributed by atoms with E-state index in [9.17, 15) is 19.2 Å². The molecular formula is C24H27ClN4O4S. The molecule has 0 spiro atoms.